The van der Waals surface area contributed by atoms with E-state index in [2.05, 4.69) is 34.6 Å². The molecule has 128 valence electrons. The number of nitrogens with one attached hydrogen (secondary N) is 1. The number of carbonyl (C=O) groups excluding carboxylic acids is 1. The topological polar surface area (TPSA) is 45.2 Å². The zero-order valence-electron chi connectivity index (χ0n) is 14.4. The summed E-state index contributed by atoms with van der Waals surface area (Å²) in [6.07, 6.45) is 6.01. The Bertz CT molecular complexity index is 983. The minimum Gasteiger partial charge on any atom is -0.355 e. The normalized spacial score (nSPS) is 15.1. The summed E-state index contributed by atoms with van der Waals surface area (Å²) in [4.78, 5) is 18.6. The molecule has 3 aromatic rings. The first-order valence-corrected chi connectivity index (χ1v) is 9.03. The second-order valence-electron chi connectivity index (χ2n) is 6.81. The Kier molecular flexibility index (Phi) is 3.49. The summed E-state index contributed by atoms with van der Waals surface area (Å²) < 4.78 is 0. The number of hydrogen-bond donors (Lipinski definition) is 1. The number of pyridine rings is 1. The Balaban J connectivity index is 1.73. The number of benzene rings is 2. The number of rotatable bonds is 3. The minimum atomic E-state index is 0.246. The fourth-order valence-electron chi connectivity index (χ4n) is 4.08. The molecule has 4 heteroatoms. The maximum absolute atomic E-state index is 12.3. The molecule has 1 amide bonds. The third-order valence-electron chi connectivity index (χ3n) is 5.26. The Morgan fingerprint density at radius 3 is 2.69 bits per heavy atom. The van der Waals surface area contributed by atoms with Gasteiger partial charge in [0.2, 0.25) is 5.91 Å². The number of carbonyl (C=O) groups is 1. The third kappa shape index (κ3) is 2.37. The second-order valence-corrected chi connectivity index (χ2v) is 6.81. The van der Waals surface area contributed by atoms with Gasteiger partial charge < -0.3 is 10.2 Å². The maximum Gasteiger partial charge on any atom is 0.227 e. The van der Waals surface area contributed by atoms with Crippen molar-refractivity contribution in [3.05, 3.63) is 72.1 Å². The van der Waals surface area contributed by atoms with Gasteiger partial charge in [-0.25, -0.2) is 0 Å². The summed E-state index contributed by atoms with van der Waals surface area (Å²) in [6.45, 7) is 0.779. The first-order chi connectivity index (χ1) is 12.8. The lowest BCUT2D eigenvalue weighted by Gasteiger charge is -2.27. The molecule has 0 fully saturated rings. The van der Waals surface area contributed by atoms with Gasteiger partial charge in [-0.05, 0) is 42.7 Å². The van der Waals surface area contributed by atoms with Crippen molar-refractivity contribution in [2.45, 2.75) is 19.3 Å². The number of aromatic nitrogens is 1. The molecule has 1 N–H and O–H groups in total. The van der Waals surface area contributed by atoms with Crippen molar-refractivity contribution in [2.24, 2.45) is 0 Å². The highest BCUT2D eigenvalue weighted by molar-refractivity contribution is 6.02. The molecule has 1 aromatic heterocycles. The van der Waals surface area contributed by atoms with E-state index in [1.54, 1.807) is 6.20 Å². The number of anilines is 3. The van der Waals surface area contributed by atoms with Crippen LogP contribution in [0.1, 0.15) is 17.5 Å². The fourth-order valence-corrected chi connectivity index (χ4v) is 4.08. The number of aryl methyl sites for hydroxylation is 1. The molecule has 0 unspecified atom stereocenters. The van der Waals surface area contributed by atoms with Crippen LogP contribution in [-0.4, -0.2) is 17.4 Å². The van der Waals surface area contributed by atoms with Crippen molar-refractivity contribution in [3.63, 3.8) is 0 Å². The molecule has 4 nitrogen and oxygen atoms in total. The van der Waals surface area contributed by atoms with Gasteiger partial charge in [0.1, 0.15) is 0 Å². The van der Waals surface area contributed by atoms with E-state index in [1.165, 1.54) is 11.1 Å². The summed E-state index contributed by atoms with van der Waals surface area (Å²) >= 11 is 0. The van der Waals surface area contributed by atoms with Crippen LogP contribution in [0.15, 0.2) is 60.9 Å². The highest BCUT2D eigenvalue weighted by Gasteiger charge is 2.34. The summed E-state index contributed by atoms with van der Waals surface area (Å²) in [6, 6.07) is 16.5. The Morgan fingerprint density at radius 2 is 1.88 bits per heavy atom. The van der Waals surface area contributed by atoms with Gasteiger partial charge in [-0.2, -0.15) is 0 Å². The van der Waals surface area contributed by atoms with Gasteiger partial charge in [0.25, 0.3) is 0 Å². The highest BCUT2D eigenvalue weighted by atomic mass is 16.2. The van der Waals surface area contributed by atoms with E-state index in [9.17, 15) is 4.79 Å². The molecule has 0 spiro atoms. The van der Waals surface area contributed by atoms with Gasteiger partial charge in [0.15, 0.2) is 0 Å². The lowest BCUT2D eigenvalue weighted by Crippen LogP contribution is -2.32. The average Bonchev–Trinajstić information content (AvgIpc) is 3.14. The van der Waals surface area contributed by atoms with Gasteiger partial charge >= 0.3 is 0 Å². The Morgan fingerprint density at radius 1 is 1.00 bits per heavy atom. The van der Waals surface area contributed by atoms with E-state index in [1.807, 2.05) is 35.4 Å². The quantitative estimate of drug-likeness (QED) is 0.771. The van der Waals surface area contributed by atoms with Crippen molar-refractivity contribution in [1.82, 2.24) is 4.98 Å². The number of nitrogens with zero attached hydrogens (tertiary/aromatic N) is 2. The molecule has 0 saturated heterocycles. The molecular weight excluding hydrogens is 322 g/mol. The van der Waals surface area contributed by atoms with E-state index < -0.39 is 0 Å². The Hall–Kier alpha value is -3.14. The van der Waals surface area contributed by atoms with Crippen LogP contribution in [0.2, 0.25) is 0 Å². The molecule has 2 aromatic carbocycles. The van der Waals surface area contributed by atoms with E-state index in [0.717, 1.165) is 47.6 Å². The van der Waals surface area contributed by atoms with E-state index in [-0.39, 0.29) is 5.91 Å². The summed E-state index contributed by atoms with van der Waals surface area (Å²) in [5.74, 6) is 0.246. The van der Waals surface area contributed by atoms with Crippen molar-refractivity contribution >= 4 is 23.0 Å². The second kappa shape index (κ2) is 5.99. The van der Waals surface area contributed by atoms with Crippen LogP contribution >= 0.6 is 0 Å². The highest BCUT2D eigenvalue weighted by Crippen LogP contribution is 2.46. The van der Waals surface area contributed by atoms with Crippen molar-refractivity contribution in [3.8, 4) is 11.1 Å². The predicted molar refractivity (Wildman–Crippen MR) is 104 cm³/mol. The molecule has 2 aliphatic rings. The summed E-state index contributed by atoms with van der Waals surface area (Å²) in [5, 5.41) is 3.62. The van der Waals surface area contributed by atoms with Crippen LogP contribution in [0.4, 0.5) is 17.1 Å². The number of amides is 1. The molecule has 5 rings (SSSR count). The molecular formula is C22H19N3O. The van der Waals surface area contributed by atoms with Crippen LogP contribution < -0.4 is 10.2 Å². The van der Waals surface area contributed by atoms with Crippen LogP contribution in [-0.2, 0) is 17.6 Å². The van der Waals surface area contributed by atoms with E-state index in [4.69, 9.17) is 0 Å². The molecule has 3 heterocycles. The SMILES string of the molecule is O=C1CCc2cc(-c3cccnc3)c(Nc3ccccc3)c3c2N1CC3. The molecule has 0 saturated carbocycles. The average molecular weight is 341 g/mol. The number of hydrogen-bond acceptors (Lipinski definition) is 3. The first-order valence-electron chi connectivity index (χ1n) is 9.03. The molecule has 0 aliphatic carbocycles. The zero-order valence-corrected chi connectivity index (χ0v) is 14.4. The van der Waals surface area contributed by atoms with Crippen molar-refractivity contribution in [1.29, 1.82) is 0 Å². The standard InChI is InChI=1S/C22H19N3O/c26-20-9-8-15-13-19(16-5-4-11-23-14-16)21(18-10-12-25(20)22(15)18)24-17-6-2-1-3-7-17/h1-7,11,13-14,24H,8-10,12H2. The molecule has 2 aliphatic heterocycles. The Labute approximate surface area is 152 Å². The fraction of sp³-hybridized carbons (Fsp3) is 0.182. The van der Waals surface area contributed by atoms with Gasteiger partial charge in [-0.15, -0.1) is 0 Å². The molecule has 26 heavy (non-hydrogen) atoms. The largest absolute Gasteiger partial charge is 0.355 e. The van der Waals surface area contributed by atoms with Gasteiger partial charge in [0, 0.05) is 47.7 Å². The first kappa shape index (κ1) is 15.1. The van der Waals surface area contributed by atoms with Crippen LogP contribution in [0.3, 0.4) is 0 Å². The number of para-hydroxylation sites is 1. The van der Waals surface area contributed by atoms with Crippen molar-refractivity contribution < 1.29 is 4.79 Å². The minimum absolute atomic E-state index is 0.246. The smallest absolute Gasteiger partial charge is 0.227 e. The van der Waals surface area contributed by atoms with Crippen LogP contribution in [0, 0.1) is 0 Å². The monoisotopic (exact) mass is 341 g/mol. The molecule has 0 radical (unpaired) electrons. The van der Waals surface area contributed by atoms with Gasteiger partial charge in [0.05, 0.1) is 11.4 Å². The maximum atomic E-state index is 12.3. The van der Waals surface area contributed by atoms with Crippen LogP contribution in [0.5, 0.6) is 0 Å². The third-order valence-corrected chi connectivity index (χ3v) is 5.26. The van der Waals surface area contributed by atoms with E-state index in [0.29, 0.717) is 6.42 Å². The predicted octanol–water partition coefficient (Wildman–Crippen LogP) is 4.33. The van der Waals surface area contributed by atoms with Gasteiger partial charge in [-0.3, -0.25) is 9.78 Å². The molecule has 0 atom stereocenters. The van der Waals surface area contributed by atoms with E-state index >= 15 is 0 Å². The molecule has 0 bridgehead atoms. The van der Waals surface area contributed by atoms with Crippen LogP contribution in [0.25, 0.3) is 11.1 Å². The lowest BCUT2D eigenvalue weighted by atomic mass is 9.92. The van der Waals surface area contributed by atoms with Crippen molar-refractivity contribution in [2.75, 3.05) is 16.8 Å². The summed E-state index contributed by atoms with van der Waals surface area (Å²) in [7, 11) is 0. The van der Waals surface area contributed by atoms with Gasteiger partial charge in [-0.1, -0.05) is 24.3 Å². The summed E-state index contributed by atoms with van der Waals surface area (Å²) in [5.41, 5.74) is 8.06. The lowest BCUT2D eigenvalue weighted by molar-refractivity contribution is -0.118. The zero-order chi connectivity index (χ0) is 17.5.